The van der Waals surface area contributed by atoms with E-state index in [4.69, 9.17) is 4.74 Å². The normalized spacial score (nSPS) is 45.1. The second kappa shape index (κ2) is 6.68. The summed E-state index contributed by atoms with van der Waals surface area (Å²) in [7, 11) is 0. The summed E-state index contributed by atoms with van der Waals surface area (Å²) in [6.07, 6.45) is 10.0. The van der Waals surface area contributed by atoms with Crippen LogP contribution in [-0.2, 0) is 9.53 Å². The Morgan fingerprint density at radius 1 is 1.11 bits per heavy atom. The summed E-state index contributed by atoms with van der Waals surface area (Å²) >= 11 is 1.46. The van der Waals surface area contributed by atoms with Crippen LogP contribution in [0.3, 0.4) is 0 Å². The van der Waals surface area contributed by atoms with Gasteiger partial charge in [-0.25, -0.2) is 4.79 Å². The van der Waals surface area contributed by atoms with Crippen LogP contribution in [0.25, 0.3) is 0 Å². The average Bonchev–Trinajstić information content (AvgIpc) is 3.31. The van der Waals surface area contributed by atoms with Crippen molar-refractivity contribution in [2.45, 2.75) is 77.7 Å². The number of hydrogen-bond acceptors (Lipinski definition) is 4. The van der Waals surface area contributed by atoms with Crippen LogP contribution < -0.4 is 0 Å². The predicted octanol–water partition coefficient (Wildman–Crippen LogP) is 5.89. The molecule has 0 bridgehead atoms. The van der Waals surface area contributed by atoms with Crippen molar-refractivity contribution < 1.29 is 14.3 Å². The first kappa shape index (κ1) is 18.8. The van der Waals surface area contributed by atoms with Gasteiger partial charge >= 0.3 is 5.97 Å². The largest absolute Gasteiger partial charge is 0.458 e. The smallest absolute Gasteiger partial charge is 0.348 e. The van der Waals surface area contributed by atoms with Gasteiger partial charge in [0.15, 0.2) is 0 Å². The Kier molecular flexibility index (Phi) is 4.50. The molecule has 0 amide bonds. The van der Waals surface area contributed by atoms with Crippen LogP contribution in [0.15, 0.2) is 17.5 Å². The Hall–Kier alpha value is -1.16. The minimum absolute atomic E-state index is 0.0300. The molecule has 0 radical (unpaired) electrons. The number of carbonyl (C=O) groups excluding carboxylic acids is 2. The van der Waals surface area contributed by atoms with Crippen LogP contribution in [0, 0.1) is 34.5 Å². The lowest BCUT2D eigenvalue weighted by atomic mass is 9.45. The third kappa shape index (κ3) is 2.74. The van der Waals surface area contributed by atoms with Gasteiger partial charge in [0.25, 0.3) is 0 Å². The van der Waals surface area contributed by atoms with Crippen LogP contribution in [-0.4, -0.2) is 17.9 Å². The summed E-state index contributed by atoms with van der Waals surface area (Å²) in [6, 6.07) is 3.76. The van der Waals surface area contributed by atoms with E-state index in [9.17, 15) is 9.59 Å². The summed E-state index contributed by atoms with van der Waals surface area (Å²) in [4.78, 5) is 25.7. The molecule has 0 saturated heterocycles. The van der Waals surface area contributed by atoms with Crippen molar-refractivity contribution in [1.82, 2.24) is 0 Å². The molecule has 0 N–H and O–H groups in total. The highest BCUT2D eigenvalue weighted by atomic mass is 32.1. The lowest BCUT2D eigenvalue weighted by molar-refractivity contribution is -0.142. The summed E-state index contributed by atoms with van der Waals surface area (Å²) < 4.78 is 5.89. The number of Topliss-reactive ketones (excluding diaryl/α,β-unsaturated/α-hetero) is 1. The molecule has 28 heavy (non-hydrogen) atoms. The van der Waals surface area contributed by atoms with Crippen molar-refractivity contribution >= 4 is 23.1 Å². The van der Waals surface area contributed by atoms with E-state index in [0.29, 0.717) is 23.0 Å². The van der Waals surface area contributed by atoms with Crippen LogP contribution >= 0.6 is 11.3 Å². The average molecular weight is 401 g/mol. The Bertz CT molecular complexity index is 771. The molecule has 7 atom stereocenters. The van der Waals surface area contributed by atoms with E-state index < -0.39 is 0 Å². The summed E-state index contributed by atoms with van der Waals surface area (Å²) in [6.45, 7) is 4.78. The molecule has 4 aliphatic carbocycles. The Morgan fingerprint density at radius 3 is 2.75 bits per heavy atom. The molecule has 0 aliphatic heterocycles. The highest BCUT2D eigenvalue weighted by Gasteiger charge is 2.60. The maximum atomic E-state index is 12.6. The van der Waals surface area contributed by atoms with Gasteiger partial charge in [0.1, 0.15) is 16.8 Å². The second-order valence-corrected chi connectivity index (χ2v) is 11.3. The minimum atomic E-state index is -0.143. The molecule has 1 heterocycles. The van der Waals surface area contributed by atoms with Gasteiger partial charge in [0.2, 0.25) is 0 Å². The van der Waals surface area contributed by atoms with Gasteiger partial charge in [-0.2, -0.15) is 0 Å². The molecule has 152 valence electrons. The third-order valence-electron chi connectivity index (χ3n) is 9.32. The van der Waals surface area contributed by atoms with Gasteiger partial charge in [0.05, 0.1) is 0 Å². The highest BCUT2D eigenvalue weighted by molar-refractivity contribution is 7.11. The minimum Gasteiger partial charge on any atom is -0.458 e. The standard InChI is InChI=1S/C24H32O3S/c1-23-11-9-16(27-22(26)20-4-3-13-28-20)14-15(23)5-6-17-18-7-8-21(25)24(18,2)12-10-19(17)23/h3-4,13,15-19H,5-12,14H2,1-2H3/t15-,16-,17-,18-,19-,23-,24-/m0/s1. The van der Waals surface area contributed by atoms with Gasteiger partial charge in [-0.1, -0.05) is 19.9 Å². The van der Waals surface area contributed by atoms with Gasteiger partial charge in [0, 0.05) is 11.8 Å². The Morgan fingerprint density at radius 2 is 1.96 bits per heavy atom. The van der Waals surface area contributed by atoms with Crippen LogP contribution in [0.2, 0.25) is 0 Å². The van der Waals surface area contributed by atoms with Crippen molar-refractivity contribution in [3.05, 3.63) is 22.4 Å². The molecule has 0 unspecified atom stereocenters. The van der Waals surface area contributed by atoms with Crippen molar-refractivity contribution in [3.8, 4) is 0 Å². The maximum absolute atomic E-state index is 12.6. The molecule has 1 aromatic rings. The van der Waals surface area contributed by atoms with E-state index in [1.807, 2.05) is 17.5 Å². The second-order valence-electron chi connectivity index (χ2n) is 10.4. The number of rotatable bonds is 2. The number of hydrogen-bond donors (Lipinski definition) is 0. The predicted molar refractivity (Wildman–Crippen MR) is 110 cm³/mol. The maximum Gasteiger partial charge on any atom is 0.348 e. The molecule has 4 heteroatoms. The quantitative estimate of drug-likeness (QED) is 0.582. The van der Waals surface area contributed by atoms with E-state index >= 15 is 0 Å². The number of fused-ring (bicyclic) bond motifs is 5. The molecular weight excluding hydrogens is 368 g/mol. The van der Waals surface area contributed by atoms with E-state index in [1.165, 1.54) is 37.0 Å². The molecule has 3 nitrogen and oxygen atoms in total. The zero-order valence-electron chi connectivity index (χ0n) is 17.1. The molecule has 4 saturated carbocycles. The van der Waals surface area contributed by atoms with Gasteiger partial charge in [-0.15, -0.1) is 11.3 Å². The number of carbonyl (C=O) groups is 2. The molecular formula is C24H32O3S. The first-order chi connectivity index (χ1) is 13.4. The van der Waals surface area contributed by atoms with E-state index in [1.54, 1.807) is 0 Å². The van der Waals surface area contributed by atoms with Crippen molar-refractivity contribution in [2.24, 2.45) is 34.5 Å². The molecule has 1 aromatic heterocycles. The molecule has 5 rings (SSSR count). The lowest BCUT2D eigenvalue weighted by Gasteiger charge is -2.60. The first-order valence-corrected chi connectivity index (χ1v) is 12.1. The summed E-state index contributed by atoms with van der Waals surface area (Å²) in [5, 5.41) is 1.93. The number of ketones is 1. The summed E-state index contributed by atoms with van der Waals surface area (Å²) in [5.74, 6) is 3.15. The van der Waals surface area contributed by atoms with Gasteiger partial charge in [-0.05, 0) is 91.9 Å². The Balaban J connectivity index is 1.30. The third-order valence-corrected chi connectivity index (χ3v) is 10.2. The van der Waals surface area contributed by atoms with Crippen molar-refractivity contribution in [2.75, 3.05) is 0 Å². The monoisotopic (exact) mass is 400 g/mol. The molecule has 4 aliphatic rings. The van der Waals surface area contributed by atoms with Crippen LogP contribution in [0.5, 0.6) is 0 Å². The zero-order chi connectivity index (χ0) is 19.5. The zero-order valence-corrected chi connectivity index (χ0v) is 17.9. The Labute approximate surface area is 172 Å². The van der Waals surface area contributed by atoms with Crippen molar-refractivity contribution in [3.63, 3.8) is 0 Å². The van der Waals surface area contributed by atoms with Crippen molar-refractivity contribution in [1.29, 1.82) is 0 Å². The van der Waals surface area contributed by atoms with Crippen LogP contribution in [0.1, 0.15) is 81.3 Å². The number of ether oxygens (including phenoxy) is 1. The fourth-order valence-electron chi connectivity index (χ4n) is 7.70. The SMILES string of the molecule is C[C@]12CC[C@H](OC(=O)c3cccs3)C[C@@H]1CC[C@@H]1[C@@H]2CC[C@]2(C)C(=O)CC[C@@H]12. The number of thiophene rings is 1. The fraction of sp³-hybridized carbons (Fsp3) is 0.750. The lowest BCUT2D eigenvalue weighted by Crippen LogP contribution is -2.54. The van der Waals surface area contributed by atoms with E-state index in [2.05, 4.69) is 13.8 Å². The number of esters is 1. The van der Waals surface area contributed by atoms with Gasteiger partial charge < -0.3 is 4.74 Å². The molecule has 0 aromatic carbocycles. The van der Waals surface area contributed by atoms with E-state index in [-0.39, 0.29) is 17.5 Å². The van der Waals surface area contributed by atoms with Gasteiger partial charge in [-0.3, -0.25) is 4.79 Å². The highest BCUT2D eigenvalue weighted by Crippen LogP contribution is 2.65. The first-order valence-electron chi connectivity index (χ1n) is 11.2. The molecule has 4 fully saturated rings. The van der Waals surface area contributed by atoms with E-state index in [0.717, 1.165) is 48.8 Å². The van der Waals surface area contributed by atoms with Crippen LogP contribution in [0.4, 0.5) is 0 Å². The summed E-state index contributed by atoms with van der Waals surface area (Å²) in [5.41, 5.74) is 0.333. The topological polar surface area (TPSA) is 43.4 Å². The fourth-order valence-corrected chi connectivity index (χ4v) is 8.31. The molecule has 0 spiro atoms.